The van der Waals surface area contributed by atoms with Crippen LogP contribution >= 0.6 is 0 Å². The van der Waals surface area contributed by atoms with Gasteiger partial charge in [-0.3, -0.25) is 4.79 Å². The van der Waals surface area contributed by atoms with Crippen LogP contribution < -0.4 is 0 Å². The van der Waals surface area contributed by atoms with Crippen LogP contribution in [-0.2, 0) is 4.79 Å². The van der Waals surface area contributed by atoms with Gasteiger partial charge >= 0.3 is 0 Å². The van der Waals surface area contributed by atoms with Crippen LogP contribution in [0.15, 0.2) is 11.6 Å². The summed E-state index contributed by atoms with van der Waals surface area (Å²) in [5.41, 5.74) is 1.17. The highest BCUT2D eigenvalue weighted by atomic mass is 16.1. The van der Waals surface area contributed by atoms with Crippen LogP contribution in [0.3, 0.4) is 0 Å². The van der Waals surface area contributed by atoms with Crippen molar-refractivity contribution >= 4 is 5.78 Å². The average Bonchev–Trinajstić information content (AvgIpc) is 1.87. The molecule has 0 rings (SSSR count). The molecule has 0 bridgehead atoms. The van der Waals surface area contributed by atoms with Crippen molar-refractivity contribution in [2.75, 3.05) is 0 Å². The van der Waals surface area contributed by atoms with Crippen LogP contribution in [0, 0.1) is 0 Å². The Morgan fingerprint density at radius 2 is 2.11 bits per heavy atom. The number of allylic oxidation sites excluding steroid dienone is 2. The van der Waals surface area contributed by atoms with E-state index in [0.717, 1.165) is 0 Å². The summed E-state index contributed by atoms with van der Waals surface area (Å²) in [6, 6.07) is 0. The number of rotatable bonds is 3. The molecular weight excluding hydrogens is 112 g/mol. The van der Waals surface area contributed by atoms with Crippen LogP contribution in [0.4, 0.5) is 0 Å². The van der Waals surface area contributed by atoms with Crippen molar-refractivity contribution in [3.63, 3.8) is 0 Å². The lowest BCUT2D eigenvalue weighted by Crippen LogP contribution is -1.94. The summed E-state index contributed by atoms with van der Waals surface area (Å²) in [5.74, 6) is 0.325. The molecule has 0 aromatic rings. The molecule has 0 atom stereocenters. The van der Waals surface area contributed by atoms with Crippen molar-refractivity contribution in [2.45, 2.75) is 33.6 Å². The van der Waals surface area contributed by atoms with Gasteiger partial charge in [0.1, 0.15) is 5.78 Å². The summed E-state index contributed by atoms with van der Waals surface area (Å²) in [6.07, 6.45) is 3.27. The van der Waals surface area contributed by atoms with Crippen LogP contribution in [0.1, 0.15) is 33.6 Å². The molecule has 0 aromatic carbocycles. The Morgan fingerprint density at radius 1 is 1.56 bits per heavy atom. The Balaban J connectivity index is 3.60. The average molecular weight is 126 g/mol. The number of hydrogen-bond donors (Lipinski definition) is 0. The lowest BCUT2D eigenvalue weighted by atomic mass is 10.1. The zero-order chi connectivity index (χ0) is 7.28. The monoisotopic (exact) mass is 126 g/mol. The van der Waals surface area contributed by atoms with Gasteiger partial charge < -0.3 is 0 Å². The van der Waals surface area contributed by atoms with Gasteiger partial charge in [0.2, 0.25) is 0 Å². The molecule has 9 heavy (non-hydrogen) atoms. The van der Waals surface area contributed by atoms with Gasteiger partial charge in [0, 0.05) is 12.8 Å². The number of hydrogen-bond acceptors (Lipinski definition) is 1. The fourth-order valence-electron chi connectivity index (χ4n) is 0.538. The molecule has 1 heteroatoms. The molecule has 0 radical (unpaired) electrons. The largest absolute Gasteiger partial charge is 0.299 e. The summed E-state index contributed by atoms with van der Waals surface area (Å²) in [7, 11) is 0. The Labute approximate surface area is 56.8 Å². The molecule has 0 aliphatic rings. The van der Waals surface area contributed by atoms with Gasteiger partial charge in [-0.15, -0.1) is 0 Å². The van der Waals surface area contributed by atoms with E-state index in [2.05, 4.69) is 0 Å². The van der Waals surface area contributed by atoms with E-state index < -0.39 is 0 Å². The minimum atomic E-state index is 0.325. The molecule has 1 nitrogen and oxygen atoms in total. The highest BCUT2D eigenvalue weighted by Gasteiger charge is 1.96. The van der Waals surface area contributed by atoms with Crippen LogP contribution in [0.25, 0.3) is 0 Å². The van der Waals surface area contributed by atoms with Crippen LogP contribution in [-0.4, -0.2) is 5.78 Å². The first-order valence-corrected chi connectivity index (χ1v) is 3.34. The predicted molar refractivity (Wildman–Crippen MR) is 39.3 cm³/mol. The second-order valence-corrected chi connectivity index (χ2v) is 2.20. The normalized spacial score (nSPS) is 11.7. The smallest absolute Gasteiger partial charge is 0.136 e. The molecule has 0 aromatic heterocycles. The van der Waals surface area contributed by atoms with Crippen molar-refractivity contribution in [3.8, 4) is 0 Å². The van der Waals surface area contributed by atoms with Crippen LogP contribution in [0.2, 0.25) is 0 Å². The molecule has 0 amide bonds. The molecule has 0 fully saturated rings. The quantitative estimate of drug-likeness (QED) is 0.530. The number of carbonyl (C=O) groups excluding carboxylic acids is 1. The summed E-state index contributed by atoms with van der Waals surface area (Å²) in [4.78, 5) is 10.7. The fraction of sp³-hybridized carbons (Fsp3) is 0.625. The first-order valence-electron chi connectivity index (χ1n) is 3.34. The van der Waals surface area contributed by atoms with E-state index in [-0.39, 0.29) is 0 Å². The van der Waals surface area contributed by atoms with E-state index in [1.165, 1.54) is 5.57 Å². The summed E-state index contributed by atoms with van der Waals surface area (Å²) < 4.78 is 0. The Morgan fingerprint density at radius 3 is 2.44 bits per heavy atom. The number of Topliss-reactive ketones (excluding diaryl/α,β-unsaturated/α-hetero) is 1. The molecule has 0 unspecified atom stereocenters. The van der Waals surface area contributed by atoms with Crippen molar-refractivity contribution in [1.29, 1.82) is 0 Å². The minimum Gasteiger partial charge on any atom is -0.299 e. The van der Waals surface area contributed by atoms with Gasteiger partial charge in [0.15, 0.2) is 0 Å². The molecule has 0 saturated carbocycles. The maximum absolute atomic E-state index is 10.7. The minimum absolute atomic E-state index is 0.325. The van der Waals surface area contributed by atoms with Crippen molar-refractivity contribution < 1.29 is 4.79 Å². The third kappa shape index (κ3) is 3.95. The number of ketones is 1. The zero-order valence-electron chi connectivity index (χ0n) is 6.40. The maximum Gasteiger partial charge on any atom is 0.136 e. The van der Waals surface area contributed by atoms with E-state index in [1.54, 1.807) is 0 Å². The summed E-state index contributed by atoms with van der Waals surface area (Å²) in [6.45, 7) is 5.83. The van der Waals surface area contributed by atoms with Gasteiger partial charge in [0.25, 0.3) is 0 Å². The van der Waals surface area contributed by atoms with E-state index >= 15 is 0 Å². The standard InChI is InChI=1S/C8H14O/c1-4-7(3)6-8(9)5-2/h4H,5-6H2,1-3H3/b7-4+. The topological polar surface area (TPSA) is 17.1 Å². The Hall–Kier alpha value is -0.590. The van der Waals surface area contributed by atoms with E-state index in [0.29, 0.717) is 18.6 Å². The van der Waals surface area contributed by atoms with E-state index in [4.69, 9.17) is 0 Å². The molecule has 0 N–H and O–H groups in total. The molecule has 52 valence electrons. The third-order valence-corrected chi connectivity index (χ3v) is 1.36. The Bertz CT molecular complexity index is 123. The van der Waals surface area contributed by atoms with Gasteiger partial charge in [-0.25, -0.2) is 0 Å². The highest BCUT2D eigenvalue weighted by Crippen LogP contribution is 2.01. The van der Waals surface area contributed by atoms with Crippen molar-refractivity contribution in [2.24, 2.45) is 0 Å². The molecular formula is C8H14O. The summed E-state index contributed by atoms with van der Waals surface area (Å²) in [5, 5.41) is 0. The maximum atomic E-state index is 10.7. The van der Waals surface area contributed by atoms with Crippen molar-refractivity contribution in [1.82, 2.24) is 0 Å². The first kappa shape index (κ1) is 8.41. The second kappa shape index (κ2) is 4.30. The molecule has 0 heterocycles. The second-order valence-electron chi connectivity index (χ2n) is 2.20. The molecule has 0 aliphatic heterocycles. The lowest BCUT2D eigenvalue weighted by Gasteiger charge is -1.94. The van der Waals surface area contributed by atoms with Gasteiger partial charge in [-0.1, -0.05) is 18.6 Å². The lowest BCUT2D eigenvalue weighted by molar-refractivity contribution is -0.118. The van der Waals surface area contributed by atoms with Gasteiger partial charge in [0.05, 0.1) is 0 Å². The first-order chi connectivity index (χ1) is 4.20. The number of carbonyl (C=O) groups is 1. The predicted octanol–water partition coefficient (Wildman–Crippen LogP) is 2.32. The molecule has 0 saturated heterocycles. The van der Waals surface area contributed by atoms with Gasteiger partial charge in [-0.2, -0.15) is 0 Å². The Kier molecular flexibility index (Phi) is 4.02. The van der Waals surface area contributed by atoms with Crippen LogP contribution in [0.5, 0.6) is 0 Å². The zero-order valence-corrected chi connectivity index (χ0v) is 6.40. The van der Waals surface area contributed by atoms with Crippen molar-refractivity contribution in [3.05, 3.63) is 11.6 Å². The van der Waals surface area contributed by atoms with E-state index in [1.807, 2.05) is 26.8 Å². The van der Waals surface area contributed by atoms with Gasteiger partial charge in [-0.05, 0) is 13.8 Å². The third-order valence-electron chi connectivity index (χ3n) is 1.36. The highest BCUT2D eigenvalue weighted by molar-refractivity contribution is 5.80. The summed E-state index contributed by atoms with van der Waals surface area (Å²) >= 11 is 0. The SMILES string of the molecule is C/C=C(\C)CC(=O)CC. The fourth-order valence-corrected chi connectivity index (χ4v) is 0.538. The van der Waals surface area contributed by atoms with E-state index in [9.17, 15) is 4.79 Å². The molecule has 0 spiro atoms. The molecule has 0 aliphatic carbocycles.